The van der Waals surface area contributed by atoms with Gasteiger partial charge in [-0.05, 0) is 38.0 Å². The first-order valence-electron chi connectivity index (χ1n) is 5.89. The molecule has 1 aliphatic heterocycles. The maximum absolute atomic E-state index is 13.3. The second-order valence-corrected chi connectivity index (χ2v) is 5.47. The van der Waals surface area contributed by atoms with Crippen molar-refractivity contribution in [2.75, 3.05) is 13.2 Å². The fourth-order valence-corrected chi connectivity index (χ4v) is 2.34. The van der Waals surface area contributed by atoms with Crippen molar-refractivity contribution in [3.05, 3.63) is 35.1 Å². The fourth-order valence-electron chi connectivity index (χ4n) is 2.34. The van der Waals surface area contributed by atoms with Crippen LogP contribution in [0.15, 0.2) is 18.2 Å². The molecule has 18 heavy (non-hydrogen) atoms. The maximum atomic E-state index is 13.3. The van der Waals surface area contributed by atoms with E-state index in [-0.39, 0.29) is 5.82 Å². The average Bonchev–Trinajstić information content (AvgIpc) is 2.21. The molecule has 1 saturated heterocycles. The highest BCUT2D eigenvalue weighted by Crippen LogP contribution is 2.47. The van der Waals surface area contributed by atoms with Crippen molar-refractivity contribution in [2.45, 2.75) is 26.2 Å². The molecule has 2 rings (SSSR count). The maximum Gasteiger partial charge on any atom is 0.310 e. The monoisotopic (exact) mass is 252 g/mol. The summed E-state index contributed by atoms with van der Waals surface area (Å²) < 4.78 is 18.6. The van der Waals surface area contributed by atoms with Gasteiger partial charge in [0.25, 0.3) is 0 Å². The normalized spacial score (nSPS) is 18.2. The van der Waals surface area contributed by atoms with E-state index < -0.39 is 16.8 Å². The molecular formula is C14H17FO3. The Balaban J connectivity index is 2.51. The molecule has 0 spiro atoms. The SMILES string of the molecule is Cc1cc(C2(C(C)(C)C(=O)O)COC2)ccc1F. The first-order chi connectivity index (χ1) is 8.31. The van der Waals surface area contributed by atoms with Crippen LogP contribution in [-0.2, 0) is 14.9 Å². The van der Waals surface area contributed by atoms with Gasteiger partial charge in [0, 0.05) is 0 Å². The summed E-state index contributed by atoms with van der Waals surface area (Å²) in [5.41, 5.74) is -0.160. The molecule has 0 aromatic heterocycles. The van der Waals surface area contributed by atoms with E-state index in [0.29, 0.717) is 18.8 Å². The molecule has 0 atom stereocenters. The van der Waals surface area contributed by atoms with Gasteiger partial charge in [0.15, 0.2) is 0 Å². The molecule has 4 heteroatoms. The van der Waals surface area contributed by atoms with Crippen molar-refractivity contribution in [3.8, 4) is 0 Å². The van der Waals surface area contributed by atoms with Crippen molar-refractivity contribution in [3.63, 3.8) is 0 Å². The Labute approximate surface area is 106 Å². The Kier molecular flexibility index (Phi) is 2.93. The largest absolute Gasteiger partial charge is 0.481 e. The Morgan fingerprint density at radius 2 is 2.06 bits per heavy atom. The lowest BCUT2D eigenvalue weighted by Gasteiger charge is -2.50. The Morgan fingerprint density at radius 3 is 2.44 bits per heavy atom. The van der Waals surface area contributed by atoms with E-state index in [1.54, 1.807) is 32.9 Å². The third-order valence-electron chi connectivity index (χ3n) is 4.14. The molecule has 1 N–H and O–H groups in total. The van der Waals surface area contributed by atoms with E-state index in [1.807, 2.05) is 0 Å². The van der Waals surface area contributed by atoms with Crippen LogP contribution in [0, 0.1) is 18.2 Å². The molecule has 3 nitrogen and oxygen atoms in total. The quantitative estimate of drug-likeness (QED) is 0.899. The highest BCUT2D eigenvalue weighted by atomic mass is 19.1. The van der Waals surface area contributed by atoms with Gasteiger partial charge < -0.3 is 9.84 Å². The summed E-state index contributed by atoms with van der Waals surface area (Å²) in [5.74, 6) is -1.14. The number of hydrogen-bond donors (Lipinski definition) is 1. The van der Waals surface area contributed by atoms with Crippen LogP contribution < -0.4 is 0 Å². The zero-order valence-corrected chi connectivity index (χ0v) is 10.8. The van der Waals surface area contributed by atoms with Gasteiger partial charge in [-0.1, -0.05) is 12.1 Å². The lowest BCUT2D eigenvalue weighted by atomic mass is 9.60. The molecule has 1 aromatic carbocycles. The van der Waals surface area contributed by atoms with E-state index >= 15 is 0 Å². The molecule has 0 bridgehead atoms. The summed E-state index contributed by atoms with van der Waals surface area (Å²) >= 11 is 0. The van der Waals surface area contributed by atoms with E-state index in [2.05, 4.69) is 0 Å². The first-order valence-corrected chi connectivity index (χ1v) is 5.89. The molecule has 98 valence electrons. The molecule has 1 aromatic rings. The second kappa shape index (κ2) is 4.05. The van der Waals surface area contributed by atoms with Gasteiger partial charge in [-0.3, -0.25) is 4.79 Å². The smallest absolute Gasteiger partial charge is 0.310 e. The van der Waals surface area contributed by atoms with Gasteiger partial charge in [-0.15, -0.1) is 0 Å². The Morgan fingerprint density at radius 1 is 1.44 bits per heavy atom. The molecule has 1 aliphatic rings. The number of benzene rings is 1. The van der Waals surface area contributed by atoms with Crippen molar-refractivity contribution < 1.29 is 19.0 Å². The van der Waals surface area contributed by atoms with Crippen LogP contribution in [0.3, 0.4) is 0 Å². The molecule has 0 radical (unpaired) electrons. The lowest BCUT2D eigenvalue weighted by molar-refractivity contribution is -0.171. The minimum Gasteiger partial charge on any atom is -0.481 e. The number of aryl methyl sites for hydroxylation is 1. The molecule has 0 saturated carbocycles. The van der Waals surface area contributed by atoms with Crippen LogP contribution in [0.2, 0.25) is 0 Å². The molecular weight excluding hydrogens is 235 g/mol. The number of carboxylic acid groups (broad SMARTS) is 1. The minimum absolute atomic E-state index is 0.276. The van der Waals surface area contributed by atoms with E-state index in [9.17, 15) is 14.3 Å². The average molecular weight is 252 g/mol. The fraction of sp³-hybridized carbons (Fsp3) is 0.500. The molecule has 0 amide bonds. The minimum atomic E-state index is -0.949. The van der Waals surface area contributed by atoms with Gasteiger partial charge in [0.2, 0.25) is 0 Å². The van der Waals surface area contributed by atoms with Gasteiger partial charge >= 0.3 is 5.97 Å². The van der Waals surface area contributed by atoms with Crippen LogP contribution in [0.4, 0.5) is 4.39 Å². The predicted molar refractivity (Wildman–Crippen MR) is 65.1 cm³/mol. The Hall–Kier alpha value is -1.42. The molecule has 1 heterocycles. The van der Waals surface area contributed by atoms with E-state index in [1.165, 1.54) is 6.07 Å². The summed E-state index contributed by atoms with van der Waals surface area (Å²) in [6.07, 6.45) is 0. The number of halogens is 1. The zero-order chi connectivity index (χ0) is 13.6. The van der Waals surface area contributed by atoms with E-state index in [0.717, 1.165) is 5.56 Å². The number of carbonyl (C=O) groups is 1. The number of aliphatic carboxylic acids is 1. The third kappa shape index (κ3) is 1.63. The van der Waals surface area contributed by atoms with Crippen molar-refractivity contribution >= 4 is 5.97 Å². The van der Waals surface area contributed by atoms with E-state index in [4.69, 9.17) is 4.74 Å². The summed E-state index contributed by atoms with van der Waals surface area (Å²) in [5, 5.41) is 9.40. The zero-order valence-electron chi connectivity index (χ0n) is 10.8. The van der Waals surface area contributed by atoms with Crippen molar-refractivity contribution in [1.29, 1.82) is 0 Å². The number of rotatable bonds is 3. The predicted octanol–water partition coefficient (Wildman–Crippen LogP) is 2.51. The van der Waals surface area contributed by atoms with Gasteiger partial charge in [-0.2, -0.15) is 0 Å². The number of ether oxygens (including phenoxy) is 1. The summed E-state index contributed by atoms with van der Waals surface area (Å²) in [7, 11) is 0. The lowest BCUT2D eigenvalue weighted by Crippen LogP contribution is -2.59. The standard InChI is InChI=1S/C14H17FO3/c1-9-6-10(4-5-11(9)15)14(7-18-8-14)13(2,3)12(16)17/h4-6H,7-8H2,1-3H3,(H,16,17). The summed E-state index contributed by atoms with van der Waals surface area (Å²) in [4.78, 5) is 11.5. The highest BCUT2D eigenvalue weighted by Gasteiger charge is 2.56. The van der Waals surface area contributed by atoms with Crippen LogP contribution in [0.25, 0.3) is 0 Å². The third-order valence-corrected chi connectivity index (χ3v) is 4.14. The van der Waals surface area contributed by atoms with Crippen LogP contribution in [0.5, 0.6) is 0 Å². The van der Waals surface area contributed by atoms with Crippen LogP contribution >= 0.6 is 0 Å². The van der Waals surface area contributed by atoms with Gasteiger partial charge in [-0.25, -0.2) is 4.39 Å². The summed E-state index contributed by atoms with van der Waals surface area (Å²) in [6.45, 7) is 5.78. The second-order valence-electron chi connectivity index (χ2n) is 5.47. The first kappa shape index (κ1) is 13.0. The molecule has 0 unspecified atom stereocenters. The topological polar surface area (TPSA) is 46.5 Å². The van der Waals surface area contributed by atoms with Gasteiger partial charge in [0.05, 0.1) is 24.0 Å². The Bertz CT molecular complexity index is 490. The molecule has 0 aliphatic carbocycles. The van der Waals surface area contributed by atoms with Crippen molar-refractivity contribution in [2.24, 2.45) is 5.41 Å². The number of carboxylic acids is 1. The summed E-state index contributed by atoms with van der Waals surface area (Å²) in [6, 6.07) is 4.78. The van der Waals surface area contributed by atoms with Crippen LogP contribution in [-0.4, -0.2) is 24.3 Å². The molecule has 1 fully saturated rings. The van der Waals surface area contributed by atoms with Crippen molar-refractivity contribution in [1.82, 2.24) is 0 Å². The number of hydrogen-bond acceptors (Lipinski definition) is 2. The van der Waals surface area contributed by atoms with Crippen LogP contribution in [0.1, 0.15) is 25.0 Å². The van der Waals surface area contributed by atoms with Gasteiger partial charge in [0.1, 0.15) is 5.82 Å². The highest BCUT2D eigenvalue weighted by molar-refractivity contribution is 5.76.